The molecule has 0 N–H and O–H groups in total. The van der Waals surface area contributed by atoms with Crippen LogP contribution in [0.4, 0.5) is 4.39 Å². The maximum Gasteiger partial charge on any atom is 0.188 e. The van der Waals surface area contributed by atoms with Crippen molar-refractivity contribution in [2.75, 3.05) is 14.2 Å². The maximum absolute atomic E-state index is 12.7. The molecule has 0 aromatic carbocycles. The Hall–Kier alpha value is -1.00. The van der Waals surface area contributed by atoms with Crippen molar-refractivity contribution in [3.05, 3.63) is 23.6 Å². The molecule has 0 spiro atoms. The molecule has 0 bridgehead atoms. The van der Waals surface area contributed by atoms with Crippen LogP contribution in [0.5, 0.6) is 0 Å². The first kappa shape index (κ1) is 13.0. The third-order valence-corrected chi connectivity index (χ3v) is 1.63. The lowest BCUT2D eigenvalue weighted by Gasteiger charge is -2.12. The fourth-order valence-electron chi connectivity index (χ4n) is 0.869. The van der Waals surface area contributed by atoms with Crippen LogP contribution < -0.4 is 0 Å². The normalized spacial score (nSPS) is 13.6. The number of hydrogen-bond donors (Lipinski definition) is 0. The van der Waals surface area contributed by atoms with Gasteiger partial charge in [-0.25, -0.2) is 4.39 Å². The SMILES string of the molecule is COC(OC)C(C)=CC=C(F)C(C)=O. The first-order valence-electron chi connectivity index (χ1n) is 4.13. The molecule has 3 nitrogen and oxygen atoms in total. The van der Waals surface area contributed by atoms with Gasteiger partial charge in [0.2, 0.25) is 0 Å². The Kier molecular flexibility index (Phi) is 5.99. The summed E-state index contributed by atoms with van der Waals surface area (Å²) in [5, 5.41) is 0. The minimum Gasteiger partial charge on any atom is -0.352 e. The highest BCUT2D eigenvalue weighted by atomic mass is 19.1. The van der Waals surface area contributed by atoms with Gasteiger partial charge in [-0.05, 0) is 18.6 Å². The molecule has 0 unspecified atom stereocenters. The number of ether oxygens (including phenoxy) is 2. The highest BCUT2D eigenvalue weighted by Gasteiger charge is 2.06. The Morgan fingerprint density at radius 3 is 2.07 bits per heavy atom. The van der Waals surface area contributed by atoms with Gasteiger partial charge in [-0.2, -0.15) is 0 Å². The Morgan fingerprint density at radius 2 is 1.71 bits per heavy atom. The average Bonchev–Trinajstić information content (AvgIpc) is 2.15. The largest absolute Gasteiger partial charge is 0.352 e. The molecule has 0 rings (SSSR count). The molecule has 14 heavy (non-hydrogen) atoms. The van der Waals surface area contributed by atoms with Crippen molar-refractivity contribution in [3.63, 3.8) is 0 Å². The summed E-state index contributed by atoms with van der Waals surface area (Å²) in [6.45, 7) is 2.89. The number of hydrogen-bond acceptors (Lipinski definition) is 3. The minimum absolute atomic E-state index is 0.508. The third-order valence-electron chi connectivity index (χ3n) is 1.63. The third kappa shape index (κ3) is 4.30. The number of allylic oxidation sites excluding steroid dienone is 3. The lowest BCUT2D eigenvalue weighted by Crippen LogP contribution is -2.13. The first-order chi connectivity index (χ1) is 6.52. The molecule has 0 aliphatic heterocycles. The minimum atomic E-state index is -0.782. The fraction of sp³-hybridized carbons (Fsp3) is 0.500. The van der Waals surface area contributed by atoms with Gasteiger partial charge >= 0.3 is 0 Å². The van der Waals surface area contributed by atoms with Crippen LogP contribution in [0.1, 0.15) is 13.8 Å². The Labute approximate surface area is 83.2 Å². The summed E-state index contributed by atoms with van der Waals surface area (Å²) in [6.07, 6.45) is 2.04. The van der Waals surface area contributed by atoms with Gasteiger partial charge in [-0.3, -0.25) is 4.79 Å². The predicted molar refractivity (Wildman–Crippen MR) is 51.4 cm³/mol. The lowest BCUT2D eigenvalue weighted by atomic mass is 10.2. The van der Waals surface area contributed by atoms with Crippen molar-refractivity contribution in [2.45, 2.75) is 20.1 Å². The van der Waals surface area contributed by atoms with Crippen LogP contribution in [-0.4, -0.2) is 26.3 Å². The molecule has 0 amide bonds. The van der Waals surface area contributed by atoms with Crippen LogP contribution in [0.3, 0.4) is 0 Å². The summed E-state index contributed by atoms with van der Waals surface area (Å²) in [7, 11) is 2.97. The molecule has 0 saturated heterocycles. The van der Waals surface area contributed by atoms with Crippen molar-refractivity contribution in [1.29, 1.82) is 0 Å². The average molecular weight is 202 g/mol. The summed E-state index contributed by atoms with van der Waals surface area (Å²) in [5.74, 6) is -1.38. The number of methoxy groups -OCH3 is 2. The van der Waals surface area contributed by atoms with Gasteiger partial charge in [0.1, 0.15) is 0 Å². The van der Waals surface area contributed by atoms with E-state index in [1.54, 1.807) is 6.92 Å². The van der Waals surface area contributed by atoms with Crippen molar-refractivity contribution >= 4 is 5.78 Å². The molecule has 80 valence electrons. The van der Waals surface area contributed by atoms with Gasteiger partial charge in [-0.1, -0.05) is 6.08 Å². The summed E-state index contributed by atoms with van der Waals surface area (Å²) < 4.78 is 22.6. The zero-order chi connectivity index (χ0) is 11.1. The number of rotatable bonds is 5. The molecule has 0 aliphatic carbocycles. The molecule has 0 aliphatic rings. The molecular weight excluding hydrogens is 187 g/mol. The molecule has 0 fully saturated rings. The van der Waals surface area contributed by atoms with E-state index in [9.17, 15) is 9.18 Å². The molecule has 0 heterocycles. The highest BCUT2D eigenvalue weighted by Crippen LogP contribution is 2.07. The maximum atomic E-state index is 12.7. The Balaban J connectivity index is 4.51. The van der Waals surface area contributed by atoms with Crippen molar-refractivity contribution < 1.29 is 18.7 Å². The van der Waals surface area contributed by atoms with Crippen molar-refractivity contribution in [1.82, 2.24) is 0 Å². The highest BCUT2D eigenvalue weighted by molar-refractivity contribution is 5.91. The summed E-state index contributed by atoms with van der Waals surface area (Å²) in [5.41, 5.74) is 0.686. The second-order valence-electron chi connectivity index (χ2n) is 2.78. The van der Waals surface area contributed by atoms with Crippen molar-refractivity contribution in [3.8, 4) is 0 Å². The van der Waals surface area contributed by atoms with Gasteiger partial charge in [0, 0.05) is 21.1 Å². The van der Waals surface area contributed by atoms with Crippen LogP contribution >= 0.6 is 0 Å². The smallest absolute Gasteiger partial charge is 0.188 e. The molecule has 0 aromatic rings. The second kappa shape index (κ2) is 6.45. The van der Waals surface area contributed by atoms with Gasteiger partial charge in [0.25, 0.3) is 0 Å². The van der Waals surface area contributed by atoms with Gasteiger partial charge in [0.15, 0.2) is 17.9 Å². The van der Waals surface area contributed by atoms with E-state index < -0.39 is 17.9 Å². The summed E-state index contributed by atoms with van der Waals surface area (Å²) in [6, 6.07) is 0. The zero-order valence-electron chi connectivity index (χ0n) is 8.83. The topological polar surface area (TPSA) is 35.5 Å². The standard InChI is InChI=1S/C10H15FO3/c1-7(10(13-3)14-4)5-6-9(11)8(2)12/h5-6,10H,1-4H3. The van der Waals surface area contributed by atoms with E-state index in [2.05, 4.69) is 0 Å². The van der Waals surface area contributed by atoms with Crippen LogP contribution in [0.25, 0.3) is 0 Å². The summed E-state index contributed by atoms with van der Waals surface area (Å²) >= 11 is 0. The summed E-state index contributed by atoms with van der Waals surface area (Å²) in [4.78, 5) is 10.5. The van der Waals surface area contributed by atoms with Crippen molar-refractivity contribution in [2.24, 2.45) is 0 Å². The molecule has 0 radical (unpaired) electrons. The van der Waals surface area contributed by atoms with E-state index in [4.69, 9.17) is 9.47 Å². The van der Waals surface area contributed by atoms with Crippen LogP contribution in [0.15, 0.2) is 23.6 Å². The number of ketones is 1. The molecule has 4 heteroatoms. The number of halogens is 1. The molecular formula is C10H15FO3. The first-order valence-corrected chi connectivity index (χ1v) is 4.13. The Bertz CT molecular complexity index is 252. The van der Waals surface area contributed by atoms with E-state index in [-0.39, 0.29) is 0 Å². The predicted octanol–water partition coefficient (Wildman–Crippen LogP) is 1.99. The molecule has 0 aromatic heterocycles. The van der Waals surface area contributed by atoms with E-state index in [0.717, 1.165) is 6.08 Å². The van der Waals surface area contributed by atoms with Gasteiger partial charge < -0.3 is 9.47 Å². The lowest BCUT2D eigenvalue weighted by molar-refractivity contribution is -0.114. The Morgan fingerprint density at radius 1 is 1.21 bits per heavy atom. The second-order valence-corrected chi connectivity index (χ2v) is 2.78. The number of Topliss-reactive ketones (excluding diaryl/α,β-unsaturated/α-hetero) is 1. The van der Waals surface area contributed by atoms with Crippen LogP contribution in [-0.2, 0) is 14.3 Å². The van der Waals surface area contributed by atoms with E-state index in [1.165, 1.54) is 27.2 Å². The van der Waals surface area contributed by atoms with E-state index in [1.807, 2.05) is 0 Å². The van der Waals surface area contributed by atoms with Gasteiger partial charge in [-0.15, -0.1) is 0 Å². The quantitative estimate of drug-likeness (QED) is 0.388. The van der Waals surface area contributed by atoms with E-state index >= 15 is 0 Å². The molecule has 0 saturated carbocycles. The fourth-order valence-corrected chi connectivity index (χ4v) is 0.869. The van der Waals surface area contributed by atoms with E-state index in [0.29, 0.717) is 5.57 Å². The number of carbonyl (C=O) groups excluding carboxylic acids is 1. The van der Waals surface area contributed by atoms with Crippen LogP contribution in [0, 0.1) is 0 Å². The van der Waals surface area contributed by atoms with Gasteiger partial charge in [0.05, 0.1) is 0 Å². The monoisotopic (exact) mass is 202 g/mol. The van der Waals surface area contributed by atoms with Crippen LogP contribution in [0.2, 0.25) is 0 Å². The molecule has 0 atom stereocenters. The number of carbonyl (C=O) groups is 1. The zero-order valence-corrected chi connectivity index (χ0v) is 8.83.